The van der Waals surface area contributed by atoms with Gasteiger partial charge in [0.1, 0.15) is 17.9 Å². The fraction of sp³-hybridized carbons (Fsp3) is 0.333. The number of carbonyl (C=O) groups excluding carboxylic acids is 1. The highest BCUT2D eigenvalue weighted by Gasteiger charge is 2.27. The van der Waals surface area contributed by atoms with E-state index < -0.39 is 5.82 Å². The number of aryl methyl sites for hydroxylation is 2. The van der Waals surface area contributed by atoms with Crippen LogP contribution in [0.2, 0.25) is 0 Å². The Morgan fingerprint density at radius 3 is 2.89 bits per heavy atom. The van der Waals surface area contributed by atoms with E-state index in [9.17, 15) is 9.18 Å². The fourth-order valence-corrected chi connectivity index (χ4v) is 3.78. The first kappa shape index (κ1) is 18.3. The van der Waals surface area contributed by atoms with Crippen LogP contribution in [0.4, 0.5) is 4.39 Å². The van der Waals surface area contributed by atoms with Gasteiger partial charge in [0, 0.05) is 24.3 Å². The zero-order valence-corrected chi connectivity index (χ0v) is 15.9. The second-order valence-corrected chi connectivity index (χ2v) is 7.21. The molecular weight excluding hydrogens is 359 g/mol. The highest BCUT2D eigenvalue weighted by atomic mass is 19.1. The second kappa shape index (κ2) is 7.50. The molecule has 0 radical (unpaired) electrons. The Bertz CT molecular complexity index is 998. The lowest BCUT2D eigenvalue weighted by Crippen LogP contribution is -2.29. The van der Waals surface area contributed by atoms with Crippen molar-refractivity contribution >= 4 is 5.91 Å². The molecule has 2 aromatic heterocycles. The van der Waals surface area contributed by atoms with E-state index in [4.69, 9.17) is 4.52 Å². The maximum atomic E-state index is 13.4. The van der Waals surface area contributed by atoms with Crippen LogP contribution in [0.15, 0.2) is 41.2 Å². The van der Waals surface area contributed by atoms with Crippen LogP contribution in [-0.2, 0) is 6.42 Å². The highest BCUT2D eigenvalue weighted by Crippen LogP contribution is 2.27. The Labute approximate surface area is 162 Å². The highest BCUT2D eigenvalue weighted by molar-refractivity contribution is 5.94. The molecule has 144 valence electrons. The van der Waals surface area contributed by atoms with E-state index in [1.807, 2.05) is 19.9 Å². The third kappa shape index (κ3) is 3.65. The number of amides is 1. The van der Waals surface area contributed by atoms with Gasteiger partial charge in [0.2, 0.25) is 0 Å². The summed E-state index contributed by atoms with van der Waals surface area (Å²) in [4.78, 5) is 23.1. The molecule has 1 atom stereocenters. The summed E-state index contributed by atoms with van der Waals surface area (Å²) in [6, 6.07) is 7.81. The molecule has 1 aliphatic heterocycles. The minimum Gasteiger partial charge on any atom is -0.361 e. The van der Waals surface area contributed by atoms with Gasteiger partial charge < -0.3 is 9.42 Å². The van der Waals surface area contributed by atoms with Gasteiger partial charge in [0.15, 0.2) is 0 Å². The lowest BCUT2D eigenvalue weighted by atomic mass is 10.0. The van der Waals surface area contributed by atoms with Crippen LogP contribution >= 0.6 is 0 Å². The van der Waals surface area contributed by atoms with Crippen LogP contribution in [-0.4, -0.2) is 39.0 Å². The third-order valence-corrected chi connectivity index (χ3v) is 5.16. The molecule has 0 N–H and O–H groups in total. The van der Waals surface area contributed by atoms with Gasteiger partial charge in [-0.25, -0.2) is 14.4 Å². The van der Waals surface area contributed by atoms with E-state index in [1.165, 1.54) is 12.1 Å². The van der Waals surface area contributed by atoms with Crippen LogP contribution < -0.4 is 0 Å². The summed E-state index contributed by atoms with van der Waals surface area (Å²) >= 11 is 0. The number of nitrogens with zero attached hydrogens (tertiary/aromatic N) is 4. The Balaban J connectivity index is 1.45. The van der Waals surface area contributed by atoms with Crippen molar-refractivity contribution in [3.63, 3.8) is 0 Å². The topological polar surface area (TPSA) is 72.1 Å². The fourth-order valence-electron chi connectivity index (χ4n) is 3.78. The SMILES string of the molecule is Cc1noc(C)c1-c1cc(CC2CCN(C(=O)c3cccc(F)c3)C2)ncn1. The molecule has 7 heteroatoms. The predicted octanol–water partition coefficient (Wildman–Crippen LogP) is 3.59. The molecule has 3 aromatic rings. The first-order chi connectivity index (χ1) is 13.5. The zero-order chi connectivity index (χ0) is 19.7. The number of benzene rings is 1. The van der Waals surface area contributed by atoms with Crippen molar-refractivity contribution in [2.24, 2.45) is 5.92 Å². The van der Waals surface area contributed by atoms with E-state index in [2.05, 4.69) is 15.1 Å². The van der Waals surface area contributed by atoms with Gasteiger partial charge >= 0.3 is 0 Å². The molecule has 1 unspecified atom stereocenters. The summed E-state index contributed by atoms with van der Waals surface area (Å²) < 4.78 is 18.6. The summed E-state index contributed by atoms with van der Waals surface area (Å²) in [5.74, 6) is 0.523. The second-order valence-electron chi connectivity index (χ2n) is 7.21. The number of likely N-dealkylation sites (tertiary alicyclic amines) is 1. The summed E-state index contributed by atoms with van der Waals surface area (Å²) in [5, 5.41) is 3.98. The van der Waals surface area contributed by atoms with Crippen molar-refractivity contribution in [2.45, 2.75) is 26.7 Å². The molecular formula is C21H21FN4O2. The first-order valence-corrected chi connectivity index (χ1v) is 9.30. The van der Waals surface area contributed by atoms with Gasteiger partial charge in [-0.15, -0.1) is 0 Å². The van der Waals surface area contributed by atoms with Gasteiger partial charge in [-0.3, -0.25) is 4.79 Å². The largest absolute Gasteiger partial charge is 0.361 e. The van der Waals surface area contributed by atoms with Gasteiger partial charge in [-0.1, -0.05) is 11.2 Å². The van der Waals surface area contributed by atoms with Crippen molar-refractivity contribution in [3.05, 3.63) is 65.2 Å². The van der Waals surface area contributed by atoms with Gasteiger partial charge in [-0.2, -0.15) is 0 Å². The Morgan fingerprint density at radius 1 is 1.29 bits per heavy atom. The Hall–Kier alpha value is -3.09. The standard InChI is InChI=1S/C21H21FN4O2/c1-13-20(14(2)28-25-13)19-10-18(23-12-24-19)8-15-6-7-26(11-15)21(27)16-4-3-5-17(22)9-16/h3-5,9-10,12,15H,6-8,11H2,1-2H3. The molecule has 1 fully saturated rings. The number of hydrogen-bond donors (Lipinski definition) is 0. The minimum absolute atomic E-state index is 0.124. The maximum absolute atomic E-state index is 13.4. The number of carbonyl (C=O) groups is 1. The minimum atomic E-state index is -0.394. The van der Waals surface area contributed by atoms with Crippen LogP contribution in [0.5, 0.6) is 0 Å². The summed E-state index contributed by atoms with van der Waals surface area (Å²) in [6.45, 7) is 5.06. The third-order valence-electron chi connectivity index (χ3n) is 5.16. The molecule has 1 amide bonds. The lowest BCUT2D eigenvalue weighted by molar-refractivity contribution is 0.0786. The number of aromatic nitrogens is 3. The maximum Gasteiger partial charge on any atom is 0.253 e. The summed E-state index contributed by atoms with van der Waals surface area (Å²) in [7, 11) is 0. The Kier molecular flexibility index (Phi) is 4.90. The average Bonchev–Trinajstić information content (AvgIpc) is 3.28. The van der Waals surface area contributed by atoms with Crippen LogP contribution in [0.3, 0.4) is 0 Å². The van der Waals surface area contributed by atoms with E-state index >= 15 is 0 Å². The molecule has 1 aliphatic rings. The quantitative estimate of drug-likeness (QED) is 0.692. The first-order valence-electron chi connectivity index (χ1n) is 9.30. The smallest absolute Gasteiger partial charge is 0.253 e. The normalized spacial score (nSPS) is 16.5. The van der Waals surface area contributed by atoms with E-state index in [0.717, 1.165) is 41.2 Å². The molecule has 4 rings (SSSR count). The molecule has 1 aromatic carbocycles. The molecule has 0 saturated carbocycles. The van der Waals surface area contributed by atoms with Gasteiger partial charge in [0.05, 0.1) is 17.0 Å². The van der Waals surface area contributed by atoms with E-state index in [0.29, 0.717) is 24.6 Å². The molecule has 6 nitrogen and oxygen atoms in total. The van der Waals surface area contributed by atoms with Crippen LogP contribution in [0.25, 0.3) is 11.3 Å². The molecule has 0 aliphatic carbocycles. The van der Waals surface area contributed by atoms with Crippen molar-refractivity contribution in [2.75, 3.05) is 13.1 Å². The summed E-state index contributed by atoms with van der Waals surface area (Å²) in [5.41, 5.74) is 3.82. The molecule has 28 heavy (non-hydrogen) atoms. The number of halogens is 1. The average molecular weight is 380 g/mol. The lowest BCUT2D eigenvalue weighted by Gasteiger charge is -2.16. The van der Waals surface area contributed by atoms with E-state index in [1.54, 1.807) is 23.4 Å². The zero-order valence-electron chi connectivity index (χ0n) is 15.9. The number of hydrogen-bond acceptors (Lipinski definition) is 5. The summed E-state index contributed by atoms with van der Waals surface area (Å²) in [6.07, 6.45) is 3.21. The monoisotopic (exact) mass is 380 g/mol. The Morgan fingerprint density at radius 2 is 2.14 bits per heavy atom. The molecule has 1 saturated heterocycles. The molecule has 0 spiro atoms. The molecule has 3 heterocycles. The van der Waals surface area contributed by atoms with Gasteiger partial charge in [0.25, 0.3) is 5.91 Å². The molecule has 0 bridgehead atoms. The van der Waals surface area contributed by atoms with Crippen LogP contribution in [0, 0.1) is 25.6 Å². The van der Waals surface area contributed by atoms with Gasteiger partial charge in [-0.05, 0) is 56.9 Å². The van der Waals surface area contributed by atoms with Crippen molar-refractivity contribution in [1.82, 2.24) is 20.0 Å². The van der Waals surface area contributed by atoms with Crippen molar-refractivity contribution in [1.29, 1.82) is 0 Å². The predicted molar refractivity (Wildman–Crippen MR) is 101 cm³/mol. The van der Waals surface area contributed by atoms with E-state index in [-0.39, 0.29) is 5.91 Å². The van der Waals surface area contributed by atoms with Crippen molar-refractivity contribution < 1.29 is 13.7 Å². The van der Waals surface area contributed by atoms with Crippen molar-refractivity contribution in [3.8, 4) is 11.3 Å². The number of rotatable bonds is 4. The van der Waals surface area contributed by atoms with Crippen LogP contribution in [0.1, 0.15) is 33.9 Å².